The first-order valence-corrected chi connectivity index (χ1v) is 8.58. The molecule has 0 atom stereocenters. The topological polar surface area (TPSA) is 50.4 Å². The Morgan fingerprint density at radius 1 is 1.23 bits per heavy atom. The highest BCUT2D eigenvalue weighted by molar-refractivity contribution is 5.85. The zero-order chi connectivity index (χ0) is 15.3. The van der Waals surface area contributed by atoms with Crippen LogP contribution in [0.3, 0.4) is 0 Å². The average molecular weight is 333 g/mol. The summed E-state index contributed by atoms with van der Waals surface area (Å²) in [6.45, 7) is 6.99. The minimum atomic E-state index is -0.311. The summed E-state index contributed by atoms with van der Waals surface area (Å²) in [4.78, 5) is 12.8. The molecule has 1 saturated carbocycles. The Labute approximate surface area is 141 Å². The van der Waals surface area contributed by atoms with Crippen LogP contribution in [-0.4, -0.2) is 38.8 Å². The van der Waals surface area contributed by atoms with E-state index in [-0.39, 0.29) is 23.7 Å². The van der Waals surface area contributed by atoms with Gasteiger partial charge >= 0.3 is 0 Å². The molecular weight excluding hydrogens is 300 g/mol. The lowest BCUT2D eigenvalue weighted by molar-refractivity contribution is -0.137. The normalized spacial score (nSPS) is 28.0. The Morgan fingerprint density at radius 3 is 2.32 bits per heavy atom. The van der Waals surface area contributed by atoms with Crippen LogP contribution in [0, 0.1) is 17.3 Å². The largest absolute Gasteiger partial charge is 0.384 e. The number of hydrogen-bond donors (Lipinski definition) is 2. The highest BCUT2D eigenvalue weighted by Crippen LogP contribution is 2.33. The molecule has 22 heavy (non-hydrogen) atoms. The average Bonchev–Trinajstić information content (AvgIpc) is 2.49. The second kappa shape index (κ2) is 9.09. The first kappa shape index (κ1) is 19.7. The molecule has 0 bridgehead atoms. The molecule has 2 rings (SSSR count). The van der Waals surface area contributed by atoms with Crippen molar-refractivity contribution in [2.24, 2.45) is 17.3 Å². The van der Waals surface area contributed by atoms with Gasteiger partial charge in [0.2, 0.25) is 5.91 Å². The van der Waals surface area contributed by atoms with Gasteiger partial charge in [-0.3, -0.25) is 4.79 Å². The van der Waals surface area contributed by atoms with Crippen molar-refractivity contribution in [2.45, 2.75) is 58.4 Å². The smallest absolute Gasteiger partial charge is 0.228 e. The highest BCUT2D eigenvalue weighted by Gasteiger charge is 2.40. The fraction of sp³-hybridized carbons (Fsp3) is 0.941. The van der Waals surface area contributed by atoms with Gasteiger partial charge in [-0.05, 0) is 63.5 Å². The Morgan fingerprint density at radius 2 is 1.82 bits per heavy atom. The van der Waals surface area contributed by atoms with Crippen LogP contribution in [0.2, 0.25) is 0 Å². The van der Waals surface area contributed by atoms with Gasteiger partial charge in [0.15, 0.2) is 0 Å². The van der Waals surface area contributed by atoms with E-state index in [2.05, 4.69) is 24.5 Å². The number of nitrogens with one attached hydrogen (secondary N) is 2. The Bertz CT molecular complexity index is 330. The maximum absolute atomic E-state index is 12.8. The molecule has 0 spiro atoms. The second-order valence-electron chi connectivity index (χ2n) is 7.29. The summed E-state index contributed by atoms with van der Waals surface area (Å²) in [6, 6.07) is 0.371. The second-order valence-corrected chi connectivity index (χ2v) is 7.29. The number of methoxy groups -OCH3 is 1. The molecule has 1 saturated heterocycles. The number of carbonyl (C=O) groups excluding carboxylic acids is 1. The molecule has 1 heterocycles. The third-order valence-corrected chi connectivity index (χ3v) is 5.51. The van der Waals surface area contributed by atoms with Gasteiger partial charge in [0.1, 0.15) is 0 Å². The number of rotatable bonds is 5. The zero-order valence-corrected chi connectivity index (χ0v) is 15.1. The number of carbonyl (C=O) groups is 1. The van der Waals surface area contributed by atoms with E-state index < -0.39 is 0 Å². The summed E-state index contributed by atoms with van der Waals surface area (Å²) in [7, 11) is 1.70. The van der Waals surface area contributed by atoms with Crippen molar-refractivity contribution in [1.82, 2.24) is 10.6 Å². The molecule has 2 fully saturated rings. The summed E-state index contributed by atoms with van der Waals surface area (Å²) in [5.41, 5.74) is -0.311. The van der Waals surface area contributed by atoms with Crippen LogP contribution in [0.25, 0.3) is 0 Å². The SMILES string of the molecule is COCC1(C(=O)NC2CCC(C(C)C)CC2)CCNCC1.Cl. The third-order valence-electron chi connectivity index (χ3n) is 5.51. The van der Waals surface area contributed by atoms with Crippen molar-refractivity contribution in [3.8, 4) is 0 Å². The summed E-state index contributed by atoms with van der Waals surface area (Å²) < 4.78 is 5.35. The maximum Gasteiger partial charge on any atom is 0.228 e. The zero-order valence-electron chi connectivity index (χ0n) is 14.3. The van der Waals surface area contributed by atoms with Gasteiger partial charge in [0, 0.05) is 13.2 Å². The molecule has 2 N–H and O–H groups in total. The third kappa shape index (κ3) is 4.84. The van der Waals surface area contributed by atoms with Crippen molar-refractivity contribution < 1.29 is 9.53 Å². The molecular formula is C17H33ClN2O2. The van der Waals surface area contributed by atoms with Crippen molar-refractivity contribution in [1.29, 1.82) is 0 Å². The van der Waals surface area contributed by atoms with Crippen molar-refractivity contribution >= 4 is 18.3 Å². The minimum absolute atomic E-state index is 0. The minimum Gasteiger partial charge on any atom is -0.384 e. The number of ether oxygens (including phenoxy) is 1. The fourth-order valence-electron chi connectivity index (χ4n) is 3.89. The van der Waals surface area contributed by atoms with E-state index in [4.69, 9.17) is 4.74 Å². The van der Waals surface area contributed by atoms with E-state index in [1.54, 1.807) is 7.11 Å². The predicted octanol–water partition coefficient (Wildman–Crippen LogP) is 2.76. The number of halogens is 1. The maximum atomic E-state index is 12.8. The molecule has 130 valence electrons. The summed E-state index contributed by atoms with van der Waals surface area (Å²) in [5.74, 6) is 1.83. The van der Waals surface area contributed by atoms with Crippen molar-refractivity contribution in [3.05, 3.63) is 0 Å². The highest BCUT2D eigenvalue weighted by atomic mass is 35.5. The van der Waals surface area contributed by atoms with Crippen molar-refractivity contribution in [3.63, 3.8) is 0 Å². The number of hydrogen-bond acceptors (Lipinski definition) is 3. The molecule has 2 aliphatic rings. The van der Waals surface area contributed by atoms with E-state index in [1.165, 1.54) is 12.8 Å². The van der Waals surface area contributed by atoms with E-state index >= 15 is 0 Å². The molecule has 1 aliphatic carbocycles. The lowest BCUT2D eigenvalue weighted by atomic mass is 9.77. The standard InChI is InChI=1S/C17H32N2O2.ClH/c1-13(2)14-4-6-15(7-5-14)19-16(20)17(12-21-3)8-10-18-11-9-17;/h13-15,18H,4-12H2,1-3H3,(H,19,20);1H. The molecule has 0 aromatic rings. The molecule has 0 radical (unpaired) electrons. The summed E-state index contributed by atoms with van der Waals surface area (Å²) >= 11 is 0. The molecule has 1 amide bonds. The van der Waals surface area contributed by atoms with Gasteiger partial charge < -0.3 is 15.4 Å². The van der Waals surface area contributed by atoms with E-state index in [0.29, 0.717) is 12.6 Å². The monoisotopic (exact) mass is 332 g/mol. The molecule has 0 unspecified atom stereocenters. The first-order chi connectivity index (χ1) is 10.1. The Hall–Kier alpha value is -0.320. The van der Waals surface area contributed by atoms with Crippen molar-refractivity contribution in [2.75, 3.05) is 26.8 Å². The van der Waals surface area contributed by atoms with Crippen LogP contribution < -0.4 is 10.6 Å². The van der Waals surface area contributed by atoms with Gasteiger partial charge in [0.25, 0.3) is 0 Å². The van der Waals surface area contributed by atoms with E-state index in [0.717, 1.165) is 50.6 Å². The summed E-state index contributed by atoms with van der Waals surface area (Å²) in [5, 5.41) is 6.67. The first-order valence-electron chi connectivity index (χ1n) is 8.58. The summed E-state index contributed by atoms with van der Waals surface area (Å²) in [6.07, 6.45) is 6.54. The van der Waals surface area contributed by atoms with Crippen LogP contribution in [0.5, 0.6) is 0 Å². The number of piperidine rings is 1. The Kier molecular flexibility index (Phi) is 8.15. The van der Waals surface area contributed by atoms with Gasteiger partial charge in [-0.2, -0.15) is 0 Å². The fourth-order valence-corrected chi connectivity index (χ4v) is 3.89. The Balaban J connectivity index is 0.00000242. The number of amides is 1. The van der Waals surface area contributed by atoms with Crippen LogP contribution in [-0.2, 0) is 9.53 Å². The lowest BCUT2D eigenvalue weighted by Crippen LogP contribution is -2.53. The van der Waals surface area contributed by atoms with Crippen LogP contribution in [0.4, 0.5) is 0 Å². The van der Waals surface area contributed by atoms with Gasteiger partial charge in [0.05, 0.1) is 12.0 Å². The molecule has 1 aliphatic heterocycles. The van der Waals surface area contributed by atoms with Crippen LogP contribution in [0.1, 0.15) is 52.4 Å². The van der Waals surface area contributed by atoms with Gasteiger partial charge in [-0.15, -0.1) is 12.4 Å². The molecule has 0 aromatic carbocycles. The van der Waals surface area contributed by atoms with Gasteiger partial charge in [-0.1, -0.05) is 13.8 Å². The van der Waals surface area contributed by atoms with E-state index in [9.17, 15) is 4.79 Å². The van der Waals surface area contributed by atoms with Crippen LogP contribution in [0.15, 0.2) is 0 Å². The van der Waals surface area contributed by atoms with E-state index in [1.807, 2.05) is 0 Å². The predicted molar refractivity (Wildman–Crippen MR) is 92.4 cm³/mol. The molecule has 5 heteroatoms. The molecule has 4 nitrogen and oxygen atoms in total. The molecule has 0 aromatic heterocycles. The van der Waals surface area contributed by atoms with Crippen LogP contribution >= 0.6 is 12.4 Å². The quantitative estimate of drug-likeness (QED) is 0.814. The van der Waals surface area contributed by atoms with Gasteiger partial charge in [-0.25, -0.2) is 0 Å². The lowest BCUT2D eigenvalue weighted by Gasteiger charge is -2.38.